The number of methoxy groups -OCH3 is 1. The highest BCUT2D eigenvalue weighted by Crippen LogP contribution is 2.19. The van der Waals surface area contributed by atoms with Gasteiger partial charge in [0, 0.05) is 19.4 Å². The van der Waals surface area contributed by atoms with Crippen LogP contribution < -0.4 is 4.72 Å². The fourth-order valence-corrected chi connectivity index (χ4v) is 3.35. The first-order valence-electron chi connectivity index (χ1n) is 5.99. The van der Waals surface area contributed by atoms with Crippen molar-refractivity contribution < 1.29 is 17.9 Å². The molecule has 0 amide bonds. The number of carbonyl (C=O) groups excluding carboxylic acids is 1. The number of ether oxygens (including phenoxy) is 1. The molecule has 0 saturated heterocycles. The van der Waals surface area contributed by atoms with E-state index in [1.807, 2.05) is 6.92 Å². The largest absolute Gasteiger partial charge is 0.468 e. The molecule has 1 rings (SSSR count). The SMILES string of the molecule is CCCC(C)(NS(=O)(=O)c1ccn(C)c1)C(=O)OC. The number of nitrogens with one attached hydrogen (secondary N) is 1. The Labute approximate surface area is 113 Å². The van der Waals surface area contributed by atoms with Gasteiger partial charge in [0.2, 0.25) is 10.0 Å². The number of hydrogen-bond donors (Lipinski definition) is 1. The molecule has 6 nitrogen and oxygen atoms in total. The second-order valence-electron chi connectivity index (χ2n) is 4.69. The Balaban J connectivity index is 3.06. The molecule has 0 spiro atoms. The highest BCUT2D eigenvalue weighted by atomic mass is 32.2. The van der Waals surface area contributed by atoms with Gasteiger partial charge in [-0.1, -0.05) is 13.3 Å². The van der Waals surface area contributed by atoms with E-state index in [-0.39, 0.29) is 4.90 Å². The molecule has 0 aromatic carbocycles. The van der Waals surface area contributed by atoms with Gasteiger partial charge in [-0.2, -0.15) is 4.72 Å². The van der Waals surface area contributed by atoms with Crippen molar-refractivity contribution in [2.75, 3.05) is 7.11 Å². The summed E-state index contributed by atoms with van der Waals surface area (Å²) in [6, 6.07) is 1.48. The van der Waals surface area contributed by atoms with Crippen LogP contribution in [-0.2, 0) is 26.6 Å². The topological polar surface area (TPSA) is 77.4 Å². The molecule has 1 unspecified atom stereocenters. The van der Waals surface area contributed by atoms with Gasteiger partial charge in [0.05, 0.1) is 12.0 Å². The molecule has 1 heterocycles. The van der Waals surface area contributed by atoms with Crippen molar-refractivity contribution in [3.63, 3.8) is 0 Å². The molecule has 19 heavy (non-hydrogen) atoms. The molecule has 1 N–H and O–H groups in total. The quantitative estimate of drug-likeness (QED) is 0.793. The maximum atomic E-state index is 12.2. The number of sulfonamides is 1. The molecular weight excluding hydrogens is 268 g/mol. The summed E-state index contributed by atoms with van der Waals surface area (Å²) in [6.45, 7) is 3.40. The van der Waals surface area contributed by atoms with E-state index in [1.54, 1.807) is 17.8 Å². The van der Waals surface area contributed by atoms with E-state index in [2.05, 4.69) is 9.46 Å². The molecular formula is C12H20N2O4S. The lowest BCUT2D eigenvalue weighted by molar-refractivity contribution is -0.147. The van der Waals surface area contributed by atoms with Crippen molar-refractivity contribution in [3.05, 3.63) is 18.5 Å². The minimum absolute atomic E-state index is 0.126. The van der Waals surface area contributed by atoms with Gasteiger partial charge in [-0.05, 0) is 19.4 Å². The molecule has 1 aromatic rings. The number of nitrogens with zero attached hydrogens (tertiary/aromatic N) is 1. The van der Waals surface area contributed by atoms with E-state index >= 15 is 0 Å². The zero-order valence-electron chi connectivity index (χ0n) is 11.6. The Hall–Kier alpha value is -1.34. The number of esters is 1. The third-order valence-corrected chi connectivity index (χ3v) is 4.44. The Morgan fingerprint density at radius 1 is 1.53 bits per heavy atom. The fourth-order valence-electron chi connectivity index (χ4n) is 1.91. The third-order valence-electron chi connectivity index (χ3n) is 2.86. The predicted molar refractivity (Wildman–Crippen MR) is 71.1 cm³/mol. The van der Waals surface area contributed by atoms with Gasteiger partial charge in [-0.15, -0.1) is 0 Å². The van der Waals surface area contributed by atoms with Gasteiger partial charge in [0.1, 0.15) is 5.54 Å². The number of hydrogen-bond acceptors (Lipinski definition) is 4. The van der Waals surface area contributed by atoms with Gasteiger partial charge in [0.15, 0.2) is 0 Å². The van der Waals surface area contributed by atoms with Crippen LogP contribution in [0, 0.1) is 0 Å². The maximum absolute atomic E-state index is 12.2. The van der Waals surface area contributed by atoms with Crippen LogP contribution in [0.2, 0.25) is 0 Å². The summed E-state index contributed by atoms with van der Waals surface area (Å²) in [6.07, 6.45) is 4.13. The van der Waals surface area contributed by atoms with Crippen LogP contribution in [0.15, 0.2) is 23.4 Å². The average Bonchev–Trinajstić information content (AvgIpc) is 2.75. The summed E-state index contributed by atoms with van der Waals surface area (Å²) >= 11 is 0. The highest BCUT2D eigenvalue weighted by molar-refractivity contribution is 7.89. The molecule has 7 heteroatoms. The van der Waals surface area contributed by atoms with Gasteiger partial charge >= 0.3 is 5.97 Å². The molecule has 1 aromatic heterocycles. The van der Waals surface area contributed by atoms with Crippen LogP contribution in [0.4, 0.5) is 0 Å². The molecule has 0 aliphatic heterocycles. The maximum Gasteiger partial charge on any atom is 0.326 e. The molecule has 0 radical (unpaired) electrons. The van der Waals surface area contributed by atoms with Crippen molar-refractivity contribution in [2.24, 2.45) is 7.05 Å². The summed E-state index contributed by atoms with van der Waals surface area (Å²) in [5, 5.41) is 0. The van der Waals surface area contributed by atoms with Crippen molar-refractivity contribution >= 4 is 16.0 Å². The standard InChI is InChI=1S/C12H20N2O4S/c1-5-7-12(2,11(15)18-4)13-19(16,17)10-6-8-14(3)9-10/h6,8-9,13H,5,7H2,1-4H3. The second-order valence-corrected chi connectivity index (χ2v) is 6.37. The van der Waals surface area contributed by atoms with E-state index in [9.17, 15) is 13.2 Å². The van der Waals surface area contributed by atoms with Gasteiger partial charge in [-0.3, -0.25) is 4.79 Å². The van der Waals surface area contributed by atoms with E-state index in [4.69, 9.17) is 0 Å². The molecule has 0 saturated carbocycles. The lowest BCUT2D eigenvalue weighted by Crippen LogP contribution is -2.52. The number of rotatable bonds is 6. The lowest BCUT2D eigenvalue weighted by Gasteiger charge is -2.26. The molecule has 0 bridgehead atoms. The minimum Gasteiger partial charge on any atom is -0.468 e. The Kier molecular flexibility index (Phi) is 4.75. The lowest BCUT2D eigenvalue weighted by atomic mass is 9.98. The Morgan fingerprint density at radius 2 is 2.16 bits per heavy atom. The van der Waals surface area contributed by atoms with Crippen LogP contribution in [0.25, 0.3) is 0 Å². The summed E-state index contributed by atoms with van der Waals surface area (Å²) in [4.78, 5) is 11.9. The van der Waals surface area contributed by atoms with Crippen molar-refractivity contribution in [2.45, 2.75) is 37.1 Å². The zero-order chi connectivity index (χ0) is 14.7. The third kappa shape index (κ3) is 3.57. The summed E-state index contributed by atoms with van der Waals surface area (Å²) in [7, 11) is -0.776. The van der Waals surface area contributed by atoms with Crippen molar-refractivity contribution in [3.8, 4) is 0 Å². The first-order valence-corrected chi connectivity index (χ1v) is 7.48. The smallest absolute Gasteiger partial charge is 0.326 e. The van der Waals surface area contributed by atoms with Crippen LogP contribution in [0.1, 0.15) is 26.7 Å². The molecule has 108 valence electrons. The fraction of sp³-hybridized carbons (Fsp3) is 0.583. The highest BCUT2D eigenvalue weighted by Gasteiger charge is 2.38. The normalized spacial score (nSPS) is 14.9. The molecule has 0 fully saturated rings. The Bertz CT molecular complexity index is 550. The molecule has 0 aliphatic carbocycles. The Morgan fingerprint density at radius 3 is 2.58 bits per heavy atom. The zero-order valence-corrected chi connectivity index (χ0v) is 12.5. The summed E-state index contributed by atoms with van der Waals surface area (Å²) in [5.41, 5.74) is -1.25. The molecule has 0 aliphatic rings. The van der Waals surface area contributed by atoms with Crippen molar-refractivity contribution in [1.29, 1.82) is 0 Å². The van der Waals surface area contributed by atoms with Gasteiger partial charge in [0.25, 0.3) is 0 Å². The first-order chi connectivity index (χ1) is 8.75. The van der Waals surface area contributed by atoms with Gasteiger partial charge < -0.3 is 9.30 Å². The van der Waals surface area contributed by atoms with Gasteiger partial charge in [-0.25, -0.2) is 8.42 Å². The second kappa shape index (κ2) is 5.75. The minimum atomic E-state index is -3.75. The predicted octanol–water partition coefficient (Wildman–Crippen LogP) is 1.04. The van der Waals surface area contributed by atoms with E-state index in [0.29, 0.717) is 12.8 Å². The first kappa shape index (κ1) is 15.7. The summed E-state index contributed by atoms with van der Waals surface area (Å²) in [5.74, 6) is -0.589. The van der Waals surface area contributed by atoms with Crippen LogP contribution in [-0.4, -0.2) is 31.6 Å². The number of carbonyl (C=O) groups is 1. The average molecular weight is 288 g/mol. The van der Waals surface area contributed by atoms with E-state index in [1.165, 1.54) is 26.3 Å². The molecule has 1 atom stereocenters. The van der Waals surface area contributed by atoms with Crippen LogP contribution in [0.3, 0.4) is 0 Å². The monoisotopic (exact) mass is 288 g/mol. The van der Waals surface area contributed by atoms with Crippen molar-refractivity contribution in [1.82, 2.24) is 9.29 Å². The number of aromatic nitrogens is 1. The number of aryl methyl sites for hydroxylation is 1. The van der Waals surface area contributed by atoms with Crippen LogP contribution >= 0.6 is 0 Å². The summed E-state index contributed by atoms with van der Waals surface area (Å²) < 4.78 is 33.2. The van der Waals surface area contributed by atoms with E-state index in [0.717, 1.165) is 0 Å². The van der Waals surface area contributed by atoms with E-state index < -0.39 is 21.5 Å². The van der Waals surface area contributed by atoms with Crippen LogP contribution in [0.5, 0.6) is 0 Å².